The molecular weight excluding hydrogens is 277 g/mol. The zero-order chi connectivity index (χ0) is 12.4. The maximum absolute atomic E-state index is 6.13. The number of aromatic nitrogens is 2. The van der Waals surface area contributed by atoms with Crippen LogP contribution >= 0.6 is 34.5 Å². The first-order valence-electron chi connectivity index (χ1n) is 5.08. The van der Waals surface area contributed by atoms with Crippen LogP contribution in [0.5, 0.6) is 0 Å². The minimum absolute atomic E-state index is 0.169. The van der Waals surface area contributed by atoms with E-state index in [2.05, 4.69) is 15.5 Å². The molecule has 0 aliphatic heterocycles. The second-order valence-corrected chi connectivity index (χ2v) is 5.38. The minimum atomic E-state index is 0.169. The number of nitrogens with one attached hydrogen (secondary N) is 1. The predicted octanol–water partition coefficient (Wildman–Crippen LogP) is 3.79. The van der Waals surface area contributed by atoms with Crippen molar-refractivity contribution in [1.29, 1.82) is 0 Å². The molecule has 6 heteroatoms. The highest BCUT2D eigenvalue weighted by atomic mass is 35.5. The van der Waals surface area contributed by atoms with E-state index >= 15 is 0 Å². The average Bonchev–Trinajstić information content (AvgIpc) is 2.77. The Bertz CT molecular complexity index is 507. The van der Waals surface area contributed by atoms with Crippen molar-refractivity contribution in [3.63, 3.8) is 0 Å². The highest BCUT2D eigenvalue weighted by molar-refractivity contribution is 7.14. The van der Waals surface area contributed by atoms with Gasteiger partial charge in [0.1, 0.15) is 5.01 Å². The van der Waals surface area contributed by atoms with E-state index < -0.39 is 0 Å². The van der Waals surface area contributed by atoms with Crippen molar-refractivity contribution in [3.8, 4) is 10.6 Å². The molecule has 90 valence electrons. The summed E-state index contributed by atoms with van der Waals surface area (Å²) in [6.07, 6.45) is 0. The average molecular weight is 288 g/mol. The zero-order valence-corrected chi connectivity index (χ0v) is 11.7. The van der Waals surface area contributed by atoms with Crippen LogP contribution in [0.1, 0.15) is 18.0 Å². The first-order valence-corrected chi connectivity index (χ1v) is 6.65. The summed E-state index contributed by atoms with van der Waals surface area (Å²) in [5, 5.41) is 14.2. The Morgan fingerprint density at radius 1 is 1.24 bits per heavy atom. The molecule has 0 aliphatic carbocycles. The normalized spacial score (nSPS) is 12.7. The largest absolute Gasteiger partial charge is 0.311 e. The van der Waals surface area contributed by atoms with E-state index in [1.165, 1.54) is 11.3 Å². The second-order valence-electron chi connectivity index (χ2n) is 3.55. The second kappa shape index (κ2) is 5.31. The van der Waals surface area contributed by atoms with Gasteiger partial charge in [0.2, 0.25) is 0 Å². The molecular formula is C11H11Cl2N3S. The molecule has 0 saturated heterocycles. The molecule has 3 nitrogen and oxygen atoms in total. The van der Waals surface area contributed by atoms with Gasteiger partial charge in [0, 0.05) is 5.56 Å². The van der Waals surface area contributed by atoms with Gasteiger partial charge in [0.25, 0.3) is 0 Å². The van der Waals surface area contributed by atoms with E-state index in [4.69, 9.17) is 23.2 Å². The fourth-order valence-corrected chi connectivity index (χ4v) is 3.00. The van der Waals surface area contributed by atoms with Gasteiger partial charge in [0.05, 0.1) is 16.1 Å². The highest BCUT2D eigenvalue weighted by Gasteiger charge is 2.15. The Kier molecular flexibility index (Phi) is 3.99. The van der Waals surface area contributed by atoms with E-state index in [-0.39, 0.29) is 6.04 Å². The smallest absolute Gasteiger partial charge is 0.150 e. The summed E-state index contributed by atoms with van der Waals surface area (Å²) in [5.41, 5.74) is 0.753. The van der Waals surface area contributed by atoms with Crippen molar-refractivity contribution in [2.24, 2.45) is 0 Å². The number of nitrogens with zero attached hydrogens (tertiary/aromatic N) is 2. The van der Waals surface area contributed by atoms with Crippen LogP contribution in [0.4, 0.5) is 0 Å². The van der Waals surface area contributed by atoms with Crippen LogP contribution in [0.25, 0.3) is 10.6 Å². The molecule has 0 spiro atoms. The number of halogens is 2. The van der Waals surface area contributed by atoms with Crippen LogP contribution in [-0.4, -0.2) is 17.2 Å². The SMILES string of the molecule is CNC(C)c1nnc(-c2c(Cl)cccc2Cl)s1. The number of hydrogen-bond donors (Lipinski definition) is 1. The van der Waals surface area contributed by atoms with Crippen LogP contribution in [0.2, 0.25) is 10.0 Å². The topological polar surface area (TPSA) is 37.8 Å². The lowest BCUT2D eigenvalue weighted by Crippen LogP contribution is -2.11. The highest BCUT2D eigenvalue weighted by Crippen LogP contribution is 2.36. The Morgan fingerprint density at radius 3 is 2.47 bits per heavy atom. The Labute approximate surface area is 114 Å². The first kappa shape index (κ1) is 12.8. The fraction of sp³-hybridized carbons (Fsp3) is 0.273. The predicted molar refractivity (Wildman–Crippen MR) is 72.8 cm³/mol. The molecule has 0 aliphatic rings. The molecule has 1 unspecified atom stereocenters. The first-order chi connectivity index (χ1) is 8.13. The lowest BCUT2D eigenvalue weighted by Gasteiger charge is -2.03. The molecule has 0 saturated carbocycles. The molecule has 1 atom stereocenters. The summed E-state index contributed by atoms with van der Waals surface area (Å²) in [6, 6.07) is 5.57. The van der Waals surface area contributed by atoms with Gasteiger partial charge in [-0.2, -0.15) is 0 Å². The quantitative estimate of drug-likeness (QED) is 0.933. The minimum Gasteiger partial charge on any atom is -0.311 e. The summed E-state index contributed by atoms with van der Waals surface area (Å²) in [5.74, 6) is 0. The van der Waals surface area contributed by atoms with Crippen LogP contribution < -0.4 is 5.32 Å². The standard InChI is InChI=1S/C11H11Cl2N3S/c1-6(14-2)10-15-16-11(17-10)9-7(12)4-3-5-8(9)13/h3-6,14H,1-2H3. The zero-order valence-electron chi connectivity index (χ0n) is 9.37. The summed E-state index contributed by atoms with van der Waals surface area (Å²) >= 11 is 13.7. The van der Waals surface area contributed by atoms with Gasteiger partial charge in [-0.05, 0) is 26.1 Å². The molecule has 2 aromatic rings. The van der Waals surface area contributed by atoms with Crippen LogP contribution in [0.3, 0.4) is 0 Å². The Morgan fingerprint density at radius 2 is 1.88 bits per heavy atom. The van der Waals surface area contributed by atoms with Crippen molar-refractivity contribution in [3.05, 3.63) is 33.3 Å². The third kappa shape index (κ3) is 2.60. The number of benzene rings is 1. The van der Waals surface area contributed by atoms with Crippen molar-refractivity contribution in [2.75, 3.05) is 7.05 Å². The third-order valence-electron chi connectivity index (χ3n) is 2.42. The van der Waals surface area contributed by atoms with Crippen LogP contribution in [-0.2, 0) is 0 Å². The molecule has 0 amide bonds. The number of hydrogen-bond acceptors (Lipinski definition) is 4. The summed E-state index contributed by atoms with van der Waals surface area (Å²) < 4.78 is 0. The van der Waals surface area contributed by atoms with Gasteiger partial charge in [-0.3, -0.25) is 0 Å². The van der Waals surface area contributed by atoms with Gasteiger partial charge in [0.15, 0.2) is 5.01 Å². The monoisotopic (exact) mass is 287 g/mol. The van der Waals surface area contributed by atoms with Gasteiger partial charge < -0.3 is 5.32 Å². The molecule has 1 heterocycles. The van der Waals surface area contributed by atoms with Gasteiger partial charge in [-0.15, -0.1) is 10.2 Å². The molecule has 17 heavy (non-hydrogen) atoms. The van der Waals surface area contributed by atoms with Crippen LogP contribution in [0, 0.1) is 0 Å². The molecule has 0 radical (unpaired) electrons. The fourth-order valence-electron chi connectivity index (χ4n) is 1.34. The molecule has 2 rings (SSSR count). The molecule has 1 N–H and O–H groups in total. The third-order valence-corrected chi connectivity index (χ3v) is 4.17. The van der Waals surface area contributed by atoms with Gasteiger partial charge >= 0.3 is 0 Å². The lowest BCUT2D eigenvalue weighted by atomic mass is 10.2. The van der Waals surface area contributed by atoms with Crippen LogP contribution in [0.15, 0.2) is 18.2 Å². The van der Waals surface area contributed by atoms with Crippen molar-refractivity contribution >= 4 is 34.5 Å². The lowest BCUT2D eigenvalue weighted by molar-refractivity contribution is 0.640. The van der Waals surface area contributed by atoms with E-state index in [9.17, 15) is 0 Å². The summed E-state index contributed by atoms with van der Waals surface area (Å²) in [6.45, 7) is 2.03. The molecule has 0 bridgehead atoms. The molecule has 1 aromatic heterocycles. The molecule has 0 fully saturated rings. The Hall–Kier alpha value is -0.680. The van der Waals surface area contributed by atoms with Crippen molar-refractivity contribution < 1.29 is 0 Å². The summed E-state index contributed by atoms with van der Waals surface area (Å²) in [7, 11) is 1.88. The maximum atomic E-state index is 6.13. The van der Waals surface area contributed by atoms with Gasteiger partial charge in [-0.25, -0.2) is 0 Å². The summed E-state index contributed by atoms with van der Waals surface area (Å²) in [4.78, 5) is 0. The maximum Gasteiger partial charge on any atom is 0.150 e. The van der Waals surface area contributed by atoms with Gasteiger partial charge in [-0.1, -0.05) is 40.6 Å². The van der Waals surface area contributed by atoms with Crippen molar-refractivity contribution in [1.82, 2.24) is 15.5 Å². The number of rotatable bonds is 3. The molecule has 1 aromatic carbocycles. The Balaban J connectivity index is 2.44. The van der Waals surface area contributed by atoms with E-state index in [0.717, 1.165) is 15.6 Å². The van der Waals surface area contributed by atoms with E-state index in [1.807, 2.05) is 20.0 Å². The van der Waals surface area contributed by atoms with E-state index in [0.29, 0.717) is 10.0 Å². The van der Waals surface area contributed by atoms with Crippen molar-refractivity contribution in [2.45, 2.75) is 13.0 Å². The van der Waals surface area contributed by atoms with E-state index in [1.54, 1.807) is 12.1 Å².